The molecule has 1 fully saturated rings. The zero-order valence-corrected chi connectivity index (χ0v) is 10.9. The Bertz CT molecular complexity index is 362. The molecule has 5 heteroatoms. The summed E-state index contributed by atoms with van der Waals surface area (Å²) in [6, 6.07) is 0. The molecule has 1 atom stereocenters. The average Bonchev–Trinajstić information content (AvgIpc) is 2.98. The van der Waals surface area contributed by atoms with Gasteiger partial charge in [-0.1, -0.05) is 15.9 Å². The zero-order chi connectivity index (χ0) is 10.8. The van der Waals surface area contributed by atoms with Crippen LogP contribution in [0.3, 0.4) is 0 Å². The van der Waals surface area contributed by atoms with Crippen LogP contribution in [-0.4, -0.2) is 22.3 Å². The Hall–Kier alpha value is -0.420. The molecule has 0 radical (unpaired) electrons. The molecule has 15 heavy (non-hydrogen) atoms. The van der Waals surface area contributed by atoms with Crippen LogP contribution in [0.5, 0.6) is 0 Å². The lowest BCUT2D eigenvalue weighted by Gasteiger charge is -2.09. The van der Waals surface area contributed by atoms with Crippen molar-refractivity contribution in [1.82, 2.24) is 10.3 Å². The third-order valence-electron chi connectivity index (χ3n) is 2.54. The molecule has 1 heterocycles. The van der Waals surface area contributed by atoms with Crippen LogP contribution in [0.2, 0.25) is 0 Å². The molecule has 2 rings (SSSR count). The van der Waals surface area contributed by atoms with E-state index in [1.165, 1.54) is 24.2 Å². The van der Waals surface area contributed by atoms with E-state index in [0.29, 0.717) is 11.4 Å². The lowest BCUT2D eigenvalue weighted by Crippen LogP contribution is -2.30. The van der Waals surface area contributed by atoms with Crippen molar-refractivity contribution in [1.29, 1.82) is 0 Å². The van der Waals surface area contributed by atoms with Crippen molar-refractivity contribution in [2.45, 2.75) is 24.6 Å². The minimum Gasteiger partial charge on any atom is -0.350 e. The van der Waals surface area contributed by atoms with E-state index in [9.17, 15) is 4.79 Å². The Morgan fingerprint density at radius 1 is 1.80 bits per heavy atom. The highest BCUT2D eigenvalue weighted by molar-refractivity contribution is 9.09. The summed E-state index contributed by atoms with van der Waals surface area (Å²) < 4.78 is 0. The van der Waals surface area contributed by atoms with Gasteiger partial charge < -0.3 is 5.32 Å². The molecule has 0 aliphatic heterocycles. The normalized spacial score (nSPS) is 17.5. The van der Waals surface area contributed by atoms with E-state index in [-0.39, 0.29) is 5.91 Å². The van der Waals surface area contributed by atoms with Gasteiger partial charge in [0.15, 0.2) is 0 Å². The quantitative estimate of drug-likeness (QED) is 0.865. The number of aryl methyl sites for hydroxylation is 1. The molecule has 1 unspecified atom stereocenters. The number of amides is 1. The van der Waals surface area contributed by atoms with E-state index in [1.807, 2.05) is 6.92 Å². The van der Waals surface area contributed by atoms with E-state index in [0.717, 1.165) is 16.5 Å². The first kappa shape index (κ1) is 11.1. The van der Waals surface area contributed by atoms with E-state index in [1.54, 1.807) is 5.51 Å². The van der Waals surface area contributed by atoms with Gasteiger partial charge in [-0.25, -0.2) is 4.98 Å². The molecule has 3 nitrogen and oxygen atoms in total. The van der Waals surface area contributed by atoms with Gasteiger partial charge in [0.1, 0.15) is 4.88 Å². The largest absolute Gasteiger partial charge is 0.350 e. The number of nitrogens with one attached hydrogen (secondary N) is 1. The number of rotatable bonds is 4. The monoisotopic (exact) mass is 288 g/mol. The maximum atomic E-state index is 11.7. The zero-order valence-electron chi connectivity index (χ0n) is 8.50. The molecule has 0 spiro atoms. The number of hydrogen-bond donors (Lipinski definition) is 1. The number of hydrogen-bond acceptors (Lipinski definition) is 3. The van der Waals surface area contributed by atoms with Crippen LogP contribution in [0.1, 0.15) is 28.2 Å². The minimum absolute atomic E-state index is 0.0000926. The molecule has 82 valence electrons. The van der Waals surface area contributed by atoms with Gasteiger partial charge in [-0.05, 0) is 25.7 Å². The number of nitrogens with zero attached hydrogens (tertiary/aromatic N) is 1. The summed E-state index contributed by atoms with van der Waals surface area (Å²) in [5, 5.41) is 2.93. The second kappa shape index (κ2) is 4.61. The first-order chi connectivity index (χ1) is 7.18. The Balaban J connectivity index is 1.84. The van der Waals surface area contributed by atoms with Crippen LogP contribution in [0.25, 0.3) is 0 Å². The lowest BCUT2D eigenvalue weighted by molar-refractivity contribution is 0.0956. The standard InChI is InChI=1S/C10H13BrN2OS/c1-6-9(15-5-13-6)10(14)12-4-8(11)7-2-3-7/h5,7-8H,2-4H2,1H3,(H,12,14). The third kappa shape index (κ3) is 2.78. The molecular formula is C10H13BrN2OS. The summed E-state index contributed by atoms with van der Waals surface area (Å²) >= 11 is 4.98. The first-order valence-electron chi connectivity index (χ1n) is 5.01. The fourth-order valence-electron chi connectivity index (χ4n) is 1.41. The Morgan fingerprint density at radius 2 is 2.53 bits per heavy atom. The van der Waals surface area contributed by atoms with Crippen LogP contribution in [0, 0.1) is 12.8 Å². The molecule has 0 saturated heterocycles. The highest BCUT2D eigenvalue weighted by Crippen LogP contribution is 2.36. The van der Waals surface area contributed by atoms with Crippen molar-refractivity contribution in [3.05, 3.63) is 16.1 Å². The van der Waals surface area contributed by atoms with Crippen molar-refractivity contribution in [3.8, 4) is 0 Å². The predicted octanol–water partition coefficient (Wildman–Crippen LogP) is 2.35. The van der Waals surface area contributed by atoms with E-state index < -0.39 is 0 Å². The summed E-state index contributed by atoms with van der Waals surface area (Å²) in [6.45, 7) is 2.57. The smallest absolute Gasteiger partial charge is 0.263 e. The molecule has 1 aromatic rings. The summed E-state index contributed by atoms with van der Waals surface area (Å²) in [4.78, 5) is 16.9. The summed E-state index contributed by atoms with van der Waals surface area (Å²) in [5.41, 5.74) is 2.52. The number of alkyl halides is 1. The fourth-order valence-corrected chi connectivity index (χ4v) is 2.82. The van der Waals surface area contributed by atoms with Crippen molar-refractivity contribution in [2.24, 2.45) is 5.92 Å². The maximum Gasteiger partial charge on any atom is 0.263 e. The molecule has 1 aliphatic rings. The summed E-state index contributed by atoms with van der Waals surface area (Å²) in [7, 11) is 0. The Kier molecular flexibility index (Phi) is 3.41. The molecule has 1 aliphatic carbocycles. The van der Waals surface area contributed by atoms with Gasteiger partial charge in [0.25, 0.3) is 5.91 Å². The molecular weight excluding hydrogens is 276 g/mol. The topological polar surface area (TPSA) is 42.0 Å². The van der Waals surface area contributed by atoms with Crippen LogP contribution in [0.15, 0.2) is 5.51 Å². The van der Waals surface area contributed by atoms with Crippen molar-refractivity contribution in [3.63, 3.8) is 0 Å². The highest BCUT2D eigenvalue weighted by atomic mass is 79.9. The number of halogens is 1. The molecule has 1 N–H and O–H groups in total. The SMILES string of the molecule is Cc1ncsc1C(=O)NCC(Br)C1CC1. The van der Waals surface area contributed by atoms with Gasteiger partial charge in [0.2, 0.25) is 0 Å². The van der Waals surface area contributed by atoms with Crippen molar-refractivity contribution >= 4 is 33.2 Å². The van der Waals surface area contributed by atoms with E-state index in [4.69, 9.17) is 0 Å². The van der Waals surface area contributed by atoms with E-state index in [2.05, 4.69) is 26.2 Å². The Labute approximate surface area is 101 Å². The first-order valence-corrected chi connectivity index (χ1v) is 6.80. The van der Waals surface area contributed by atoms with Crippen LogP contribution >= 0.6 is 27.3 Å². The molecule has 0 aromatic carbocycles. The molecule has 1 saturated carbocycles. The Morgan fingerprint density at radius 3 is 3.07 bits per heavy atom. The number of aromatic nitrogens is 1. The number of carbonyl (C=O) groups excluding carboxylic acids is 1. The van der Waals surface area contributed by atoms with Crippen LogP contribution in [-0.2, 0) is 0 Å². The second-order valence-electron chi connectivity index (χ2n) is 3.83. The lowest BCUT2D eigenvalue weighted by atomic mass is 10.3. The van der Waals surface area contributed by atoms with Gasteiger partial charge in [-0.2, -0.15) is 0 Å². The van der Waals surface area contributed by atoms with Crippen molar-refractivity contribution in [2.75, 3.05) is 6.54 Å². The van der Waals surface area contributed by atoms with Crippen molar-refractivity contribution < 1.29 is 4.79 Å². The number of thiazole rings is 1. The van der Waals surface area contributed by atoms with Gasteiger partial charge >= 0.3 is 0 Å². The van der Waals surface area contributed by atoms with Gasteiger partial charge in [0, 0.05) is 11.4 Å². The maximum absolute atomic E-state index is 11.7. The second-order valence-corrected chi connectivity index (χ2v) is 5.86. The third-order valence-corrected chi connectivity index (χ3v) is 4.54. The van der Waals surface area contributed by atoms with Crippen LogP contribution in [0.4, 0.5) is 0 Å². The molecule has 1 amide bonds. The highest BCUT2D eigenvalue weighted by Gasteiger charge is 2.29. The minimum atomic E-state index is 0.0000926. The van der Waals surface area contributed by atoms with Crippen LogP contribution < -0.4 is 5.32 Å². The van der Waals surface area contributed by atoms with Gasteiger partial charge in [-0.3, -0.25) is 4.79 Å². The predicted molar refractivity (Wildman–Crippen MR) is 64.6 cm³/mol. The van der Waals surface area contributed by atoms with Gasteiger partial charge in [-0.15, -0.1) is 11.3 Å². The fraction of sp³-hybridized carbons (Fsp3) is 0.600. The van der Waals surface area contributed by atoms with Gasteiger partial charge in [0.05, 0.1) is 11.2 Å². The summed E-state index contributed by atoms with van der Waals surface area (Å²) in [5.74, 6) is 0.757. The summed E-state index contributed by atoms with van der Waals surface area (Å²) in [6.07, 6.45) is 2.57. The molecule has 0 bridgehead atoms. The number of carbonyl (C=O) groups is 1. The average molecular weight is 289 g/mol. The van der Waals surface area contributed by atoms with E-state index >= 15 is 0 Å². The molecule has 1 aromatic heterocycles.